The number of rotatable bonds is 1. The summed E-state index contributed by atoms with van der Waals surface area (Å²) in [6, 6.07) is 4.38. The molecule has 2 N–H and O–H groups in total. The monoisotopic (exact) mass is 176 g/mol. The fourth-order valence-electron chi connectivity index (χ4n) is 0.657. The largest absolute Gasteiger partial charge is 0.356 e. The minimum atomic E-state index is -4.29. The molecule has 0 atom stereocenters. The highest BCUT2D eigenvalue weighted by Gasteiger charge is 2.16. The molecule has 0 spiro atoms. The first-order valence-electron chi connectivity index (χ1n) is 2.82. The zero-order valence-corrected chi connectivity index (χ0v) is 6.33. The molecular weight excluding hydrogens is 170 g/mol. The van der Waals surface area contributed by atoms with E-state index in [1.807, 2.05) is 0 Å². The molecule has 1 aromatic carbocycles. The van der Waals surface area contributed by atoms with E-state index in [-0.39, 0.29) is 5.30 Å². The molecule has 0 amide bonds. The van der Waals surface area contributed by atoms with E-state index in [2.05, 4.69) is 0 Å². The first kappa shape index (κ1) is 8.40. The Balaban J connectivity index is 3.17. The number of hydrogen-bond donors (Lipinski definition) is 2. The Bertz CT molecular complexity index is 306. The lowest BCUT2D eigenvalue weighted by Gasteiger charge is -2.01. The Kier molecular flexibility index (Phi) is 2.09. The van der Waals surface area contributed by atoms with E-state index in [1.165, 1.54) is 12.1 Å². The molecule has 0 aromatic heterocycles. The van der Waals surface area contributed by atoms with Gasteiger partial charge in [-0.05, 0) is 18.2 Å². The Morgan fingerprint density at radius 2 is 2.00 bits per heavy atom. The molecule has 1 rings (SSSR count). The van der Waals surface area contributed by atoms with E-state index in [9.17, 15) is 8.96 Å². The van der Waals surface area contributed by atoms with Crippen molar-refractivity contribution in [2.75, 3.05) is 0 Å². The molecule has 0 aliphatic rings. The molecule has 0 heterocycles. The third-order valence-electron chi connectivity index (χ3n) is 1.14. The van der Waals surface area contributed by atoms with Crippen molar-refractivity contribution in [1.82, 2.24) is 0 Å². The number of hydrogen-bond acceptors (Lipinski definition) is 1. The molecule has 0 fully saturated rings. The summed E-state index contributed by atoms with van der Waals surface area (Å²) in [6.45, 7) is 0. The van der Waals surface area contributed by atoms with E-state index < -0.39 is 13.4 Å². The van der Waals surface area contributed by atoms with E-state index >= 15 is 0 Å². The van der Waals surface area contributed by atoms with Crippen molar-refractivity contribution < 1.29 is 18.7 Å². The molecule has 0 aliphatic heterocycles. The van der Waals surface area contributed by atoms with Gasteiger partial charge in [0.2, 0.25) is 0 Å². The van der Waals surface area contributed by atoms with Gasteiger partial charge in [0.15, 0.2) is 0 Å². The molecular formula is C6H6FO3P. The van der Waals surface area contributed by atoms with Crippen molar-refractivity contribution in [3.8, 4) is 0 Å². The van der Waals surface area contributed by atoms with Crippen LogP contribution in [0.4, 0.5) is 4.39 Å². The second-order valence-corrected chi connectivity index (χ2v) is 3.63. The highest BCUT2D eigenvalue weighted by molar-refractivity contribution is 7.60. The molecule has 0 aliphatic carbocycles. The summed E-state index contributed by atoms with van der Waals surface area (Å²) < 4.78 is 22.9. The standard InChI is InChI=1S/C6H6FO3P/c7-5-2-1-3-6(4-5)11(8,9)10/h1-4H,(H2,8,9,10). The minimum Gasteiger partial charge on any atom is -0.321 e. The molecule has 0 unspecified atom stereocenters. The van der Waals surface area contributed by atoms with Crippen LogP contribution in [-0.4, -0.2) is 9.79 Å². The molecule has 1 aromatic rings. The van der Waals surface area contributed by atoms with Gasteiger partial charge in [0.05, 0.1) is 5.30 Å². The van der Waals surface area contributed by atoms with Crippen molar-refractivity contribution in [2.24, 2.45) is 0 Å². The van der Waals surface area contributed by atoms with Crippen molar-refractivity contribution in [2.45, 2.75) is 0 Å². The maximum atomic E-state index is 12.4. The van der Waals surface area contributed by atoms with Crippen LogP contribution < -0.4 is 5.30 Å². The first-order chi connectivity index (χ1) is 5.00. The minimum absolute atomic E-state index is 0.294. The molecule has 60 valence electrons. The van der Waals surface area contributed by atoms with Crippen LogP contribution in [0.2, 0.25) is 0 Å². The van der Waals surface area contributed by atoms with Gasteiger partial charge in [-0.15, -0.1) is 0 Å². The lowest BCUT2D eigenvalue weighted by Crippen LogP contribution is -2.03. The highest BCUT2D eigenvalue weighted by atomic mass is 31.2. The fraction of sp³-hybridized carbons (Fsp3) is 0. The van der Waals surface area contributed by atoms with Crippen LogP contribution in [0.15, 0.2) is 24.3 Å². The summed E-state index contributed by atoms with van der Waals surface area (Å²) in [7, 11) is -4.29. The molecule has 11 heavy (non-hydrogen) atoms. The van der Waals surface area contributed by atoms with E-state index in [0.717, 1.165) is 12.1 Å². The maximum Gasteiger partial charge on any atom is 0.356 e. The van der Waals surface area contributed by atoms with Crippen LogP contribution >= 0.6 is 7.60 Å². The van der Waals surface area contributed by atoms with E-state index in [0.29, 0.717) is 0 Å². The van der Waals surface area contributed by atoms with Crippen LogP contribution in [0.1, 0.15) is 0 Å². The third kappa shape index (κ3) is 2.12. The van der Waals surface area contributed by atoms with Gasteiger partial charge in [0, 0.05) is 0 Å². The number of halogens is 1. The Morgan fingerprint density at radius 1 is 1.36 bits per heavy atom. The normalized spacial score (nSPS) is 11.5. The van der Waals surface area contributed by atoms with Gasteiger partial charge >= 0.3 is 7.60 Å². The van der Waals surface area contributed by atoms with Crippen LogP contribution in [0.5, 0.6) is 0 Å². The second-order valence-electron chi connectivity index (χ2n) is 2.02. The van der Waals surface area contributed by atoms with Gasteiger partial charge in [-0.25, -0.2) is 4.39 Å². The molecule has 0 saturated heterocycles. The Morgan fingerprint density at radius 3 is 2.36 bits per heavy atom. The molecule has 5 heteroatoms. The molecule has 3 nitrogen and oxygen atoms in total. The highest BCUT2D eigenvalue weighted by Crippen LogP contribution is 2.32. The maximum absolute atomic E-state index is 12.4. The van der Waals surface area contributed by atoms with Gasteiger partial charge in [0.25, 0.3) is 0 Å². The second kappa shape index (κ2) is 2.74. The topological polar surface area (TPSA) is 57.5 Å². The van der Waals surface area contributed by atoms with Crippen LogP contribution in [0.3, 0.4) is 0 Å². The molecule has 0 bridgehead atoms. The van der Waals surface area contributed by atoms with E-state index in [1.54, 1.807) is 0 Å². The quantitative estimate of drug-likeness (QED) is 0.617. The van der Waals surface area contributed by atoms with Gasteiger partial charge in [0.1, 0.15) is 5.82 Å². The van der Waals surface area contributed by atoms with Crippen LogP contribution in [0, 0.1) is 5.82 Å². The van der Waals surface area contributed by atoms with Crippen LogP contribution in [-0.2, 0) is 4.57 Å². The average Bonchev–Trinajstić information content (AvgIpc) is 1.86. The van der Waals surface area contributed by atoms with Crippen molar-refractivity contribution >= 4 is 12.9 Å². The lowest BCUT2D eigenvalue weighted by atomic mass is 10.4. The predicted octanol–water partition coefficient (Wildman–Crippen LogP) is 0.629. The van der Waals surface area contributed by atoms with Gasteiger partial charge < -0.3 is 9.79 Å². The first-order valence-corrected chi connectivity index (χ1v) is 4.43. The summed E-state index contributed by atoms with van der Waals surface area (Å²) in [5, 5.41) is -0.294. The average molecular weight is 176 g/mol. The summed E-state index contributed by atoms with van der Waals surface area (Å²) in [5.74, 6) is -0.647. The fourth-order valence-corrected chi connectivity index (χ4v) is 1.23. The SMILES string of the molecule is O=P(O)(O)c1cccc(F)c1. The zero-order chi connectivity index (χ0) is 8.48. The van der Waals surface area contributed by atoms with Crippen molar-refractivity contribution in [3.05, 3.63) is 30.1 Å². The predicted molar refractivity (Wildman–Crippen MR) is 38.1 cm³/mol. The van der Waals surface area contributed by atoms with Crippen molar-refractivity contribution in [1.29, 1.82) is 0 Å². The summed E-state index contributed by atoms with van der Waals surface area (Å²) in [6.07, 6.45) is 0. The third-order valence-corrected chi connectivity index (χ3v) is 2.10. The zero-order valence-electron chi connectivity index (χ0n) is 5.44. The molecule has 0 saturated carbocycles. The van der Waals surface area contributed by atoms with Crippen molar-refractivity contribution in [3.63, 3.8) is 0 Å². The van der Waals surface area contributed by atoms with Gasteiger partial charge in [-0.2, -0.15) is 0 Å². The summed E-state index contributed by atoms with van der Waals surface area (Å²) in [4.78, 5) is 17.1. The molecule has 0 radical (unpaired) electrons. The Labute approximate surface area is 62.6 Å². The van der Waals surface area contributed by atoms with Gasteiger partial charge in [-0.1, -0.05) is 6.07 Å². The summed E-state index contributed by atoms with van der Waals surface area (Å²) in [5.41, 5.74) is 0. The summed E-state index contributed by atoms with van der Waals surface area (Å²) >= 11 is 0. The smallest absolute Gasteiger partial charge is 0.321 e. The lowest BCUT2D eigenvalue weighted by molar-refractivity contribution is 0.387. The number of benzene rings is 1. The van der Waals surface area contributed by atoms with Gasteiger partial charge in [-0.3, -0.25) is 4.57 Å². The van der Waals surface area contributed by atoms with Crippen LogP contribution in [0.25, 0.3) is 0 Å². The Hall–Kier alpha value is -0.700. The van der Waals surface area contributed by atoms with E-state index in [4.69, 9.17) is 9.79 Å².